The van der Waals surface area contributed by atoms with E-state index in [0.29, 0.717) is 31.0 Å². The van der Waals surface area contributed by atoms with E-state index in [1.165, 1.54) is 0 Å². The van der Waals surface area contributed by atoms with Gasteiger partial charge in [0.1, 0.15) is 24.5 Å². The van der Waals surface area contributed by atoms with E-state index in [2.05, 4.69) is 23.5 Å². The second-order valence-electron chi connectivity index (χ2n) is 14.5. The number of hydrogen-bond acceptors (Lipinski definition) is 7. The molecule has 2 fully saturated rings. The van der Waals surface area contributed by atoms with Gasteiger partial charge in [0.25, 0.3) is 0 Å². The van der Waals surface area contributed by atoms with Gasteiger partial charge in [-0.25, -0.2) is 4.79 Å². The van der Waals surface area contributed by atoms with Crippen LogP contribution in [0.2, 0.25) is 0 Å². The van der Waals surface area contributed by atoms with Crippen LogP contribution in [0.1, 0.15) is 57.6 Å². The van der Waals surface area contributed by atoms with Gasteiger partial charge in [0.2, 0.25) is 11.8 Å². The van der Waals surface area contributed by atoms with Crippen molar-refractivity contribution in [1.29, 1.82) is 0 Å². The standard InChI is InChI=1S/C40H45N5O4/c1-39(2,3)49-38(46)45-23-22-40(27-45)21-20-30(24-40)41-33-17-11-16-31-35(43-44(4)36(31)33)32-18-19-34(47-25-28-12-7-5-8-13-28)42-37(32)48-26-29-14-9-6-10-15-29/h5-19,30,41H,20-27H2,1-4H3. The van der Waals surface area contributed by atoms with Crippen molar-refractivity contribution in [3.63, 3.8) is 0 Å². The first-order valence-corrected chi connectivity index (χ1v) is 17.2. The molecule has 49 heavy (non-hydrogen) atoms. The molecule has 1 aliphatic heterocycles. The summed E-state index contributed by atoms with van der Waals surface area (Å²) in [5, 5.41) is 9.90. The first kappa shape index (κ1) is 32.5. The number of carbonyl (C=O) groups excluding carboxylic acids is 1. The molecule has 1 saturated carbocycles. The first-order valence-electron chi connectivity index (χ1n) is 17.2. The second kappa shape index (κ2) is 13.5. The Labute approximate surface area is 288 Å². The van der Waals surface area contributed by atoms with Crippen molar-refractivity contribution in [2.24, 2.45) is 12.5 Å². The smallest absolute Gasteiger partial charge is 0.410 e. The Kier molecular flexibility index (Phi) is 8.92. The van der Waals surface area contributed by atoms with Crippen LogP contribution in [-0.4, -0.2) is 50.5 Å². The average molecular weight is 660 g/mol. The van der Waals surface area contributed by atoms with Gasteiger partial charge in [0.05, 0.1) is 16.8 Å². The molecule has 254 valence electrons. The van der Waals surface area contributed by atoms with E-state index in [1.807, 2.05) is 110 Å². The molecular formula is C40H45N5O4. The number of ether oxygens (including phenoxy) is 3. The van der Waals surface area contributed by atoms with E-state index in [4.69, 9.17) is 24.3 Å². The summed E-state index contributed by atoms with van der Waals surface area (Å²) in [5.41, 5.74) is 5.43. The van der Waals surface area contributed by atoms with Crippen LogP contribution in [0.15, 0.2) is 91.0 Å². The molecule has 9 nitrogen and oxygen atoms in total. The van der Waals surface area contributed by atoms with Crippen molar-refractivity contribution < 1.29 is 19.0 Å². The Balaban J connectivity index is 1.12. The fourth-order valence-electron chi connectivity index (χ4n) is 7.24. The van der Waals surface area contributed by atoms with Crippen LogP contribution in [0.5, 0.6) is 11.8 Å². The summed E-state index contributed by atoms with van der Waals surface area (Å²) in [4.78, 5) is 19.5. The number of para-hydroxylation sites is 1. The molecule has 2 atom stereocenters. The summed E-state index contributed by atoms with van der Waals surface area (Å²) in [5.74, 6) is 0.965. The molecule has 1 aliphatic carbocycles. The van der Waals surface area contributed by atoms with E-state index in [1.54, 1.807) is 0 Å². The maximum Gasteiger partial charge on any atom is 0.410 e. The molecule has 3 heterocycles. The molecule has 1 amide bonds. The quantitative estimate of drug-likeness (QED) is 0.170. The van der Waals surface area contributed by atoms with Gasteiger partial charge in [0, 0.05) is 37.6 Å². The molecule has 1 saturated heterocycles. The summed E-state index contributed by atoms with van der Waals surface area (Å²) >= 11 is 0. The maximum absolute atomic E-state index is 12.8. The lowest BCUT2D eigenvalue weighted by atomic mass is 9.85. The van der Waals surface area contributed by atoms with E-state index < -0.39 is 5.60 Å². The molecule has 1 spiro atoms. The molecule has 0 bridgehead atoms. The van der Waals surface area contributed by atoms with Crippen molar-refractivity contribution in [3.05, 3.63) is 102 Å². The topological polar surface area (TPSA) is 90.7 Å². The van der Waals surface area contributed by atoms with Crippen molar-refractivity contribution in [2.75, 3.05) is 18.4 Å². The third-order valence-electron chi connectivity index (χ3n) is 9.55. The molecule has 7 rings (SSSR count). The molecule has 2 unspecified atom stereocenters. The zero-order valence-corrected chi connectivity index (χ0v) is 28.8. The fourth-order valence-corrected chi connectivity index (χ4v) is 7.24. The molecule has 0 radical (unpaired) electrons. The third-order valence-corrected chi connectivity index (χ3v) is 9.55. The lowest BCUT2D eigenvalue weighted by Crippen LogP contribution is -2.36. The Morgan fingerprint density at radius 1 is 0.898 bits per heavy atom. The molecule has 1 N–H and O–H groups in total. The molecule has 9 heteroatoms. The minimum atomic E-state index is -0.490. The number of rotatable bonds is 9. The summed E-state index contributed by atoms with van der Waals surface area (Å²) in [7, 11) is 1.98. The Bertz CT molecular complexity index is 1920. The number of hydrogen-bond donors (Lipinski definition) is 1. The van der Waals surface area contributed by atoms with Crippen LogP contribution in [0.3, 0.4) is 0 Å². The number of aryl methyl sites for hydroxylation is 1. The Morgan fingerprint density at radius 2 is 1.61 bits per heavy atom. The van der Waals surface area contributed by atoms with Gasteiger partial charge in [0.15, 0.2) is 0 Å². The number of nitrogens with zero attached hydrogens (tertiary/aromatic N) is 4. The van der Waals surface area contributed by atoms with Crippen LogP contribution in [0.4, 0.5) is 10.5 Å². The molecular weight excluding hydrogens is 614 g/mol. The van der Waals surface area contributed by atoms with E-state index in [0.717, 1.165) is 77.7 Å². The van der Waals surface area contributed by atoms with Crippen LogP contribution < -0.4 is 14.8 Å². The van der Waals surface area contributed by atoms with Gasteiger partial charge in [-0.15, -0.1) is 0 Å². The van der Waals surface area contributed by atoms with E-state index in [-0.39, 0.29) is 11.5 Å². The van der Waals surface area contributed by atoms with Crippen LogP contribution in [0, 0.1) is 5.41 Å². The highest BCUT2D eigenvalue weighted by atomic mass is 16.6. The van der Waals surface area contributed by atoms with Gasteiger partial charge < -0.3 is 24.4 Å². The molecule has 2 aliphatic rings. The van der Waals surface area contributed by atoms with Crippen LogP contribution in [-0.2, 0) is 25.0 Å². The molecule has 5 aromatic rings. The average Bonchev–Trinajstić information content (AvgIpc) is 3.80. The fraction of sp³-hybridized carbons (Fsp3) is 0.375. The lowest BCUT2D eigenvalue weighted by Gasteiger charge is -2.27. The third kappa shape index (κ3) is 7.36. The largest absolute Gasteiger partial charge is 0.473 e. The van der Waals surface area contributed by atoms with Gasteiger partial charge in [-0.05, 0) is 75.1 Å². The summed E-state index contributed by atoms with van der Waals surface area (Å²) < 4.78 is 20.1. The number of nitrogens with one attached hydrogen (secondary N) is 1. The number of aromatic nitrogens is 3. The monoisotopic (exact) mass is 659 g/mol. The number of fused-ring (bicyclic) bond motifs is 1. The number of pyridine rings is 1. The predicted octanol–water partition coefficient (Wildman–Crippen LogP) is 8.38. The number of anilines is 1. The summed E-state index contributed by atoms with van der Waals surface area (Å²) in [6.45, 7) is 8.04. The summed E-state index contributed by atoms with van der Waals surface area (Å²) in [6.07, 6.45) is 3.96. The minimum Gasteiger partial charge on any atom is -0.473 e. The van der Waals surface area contributed by atoms with E-state index >= 15 is 0 Å². The highest BCUT2D eigenvalue weighted by molar-refractivity contribution is 6.00. The highest BCUT2D eigenvalue weighted by Gasteiger charge is 2.46. The number of benzene rings is 3. The first-order chi connectivity index (χ1) is 23.6. The zero-order valence-electron chi connectivity index (χ0n) is 28.8. The Hall–Kier alpha value is -5.05. The van der Waals surface area contributed by atoms with Gasteiger partial charge in [-0.2, -0.15) is 10.1 Å². The molecule has 3 aromatic carbocycles. The summed E-state index contributed by atoms with van der Waals surface area (Å²) in [6, 6.07) is 30.6. The number of likely N-dealkylation sites (tertiary alicyclic amines) is 1. The van der Waals surface area contributed by atoms with Gasteiger partial charge in [-0.3, -0.25) is 4.68 Å². The highest BCUT2D eigenvalue weighted by Crippen LogP contribution is 2.47. The normalized spacial score (nSPS) is 19.0. The van der Waals surface area contributed by atoms with Gasteiger partial charge in [-0.1, -0.05) is 72.8 Å². The second-order valence-corrected chi connectivity index (χ2v) is 14.5. The van der Waals surface area contributed by atoms with E-state index in [9.17, 15) is 4.79 Å². The van der Waals surface area contributed by atoms with Crippen LogP contribution >= 0.6 is 0 Å². The van der Waals surface area contributed by atoms with Gasteiger partial charge >= 0.3 is 6.09 Å². The lowest BCUT2D eigenvalue weighted by molar-refractivity contribution is 0.0273. The van der Waals surface area contributed by atoms with Crippen molar-refractivity contribution in [3.8, 4) is 23.0 Å². The maximum atomic E-state index is 12.8. The Morgan fingerprint density at radius 3 is 2.33 bits per heavy atom. The SMILES string of the molecule is Cn1nc(-c2ccc(OCc3ccccc3)nc2OCc2ccccc2)c2cccc(NC3CCC4(CCN(C(=O)OC(C)(C)C)C4)C3)c21. The predicted molar refractivity (Wildman–Crippen MR) is 192 cm³/mol. The molecule has 2 aromatic heterocycles. The zero-order chi connectivity index (χ0) is 34.0. The van der Waals surface area contributed by atoms with Crippen molar-refractivity contribution >= 4 is 22.7 Å². The van der Waals surface area contributed by atoms with Crippen LogP contribution in [0.25, 0.3) is 22.2 Å². The number of carbonyl (C=O) groups is 1. The minimum absolute atomic E-state index is 0.126. The number of amides is 1. The van der Waals surface area contributed by atoms with Crippen molar-refractivity contribution in [1.82, 2.24) is 19.7 Å². The van der Waals surface area contributed by atoms with Crippen molar-refractivity contribution in [2.45, 2.75) is 71.3 Å².